The lowest BCUT2D eigenvalue weighted by Crippen LogP contribution is -2.63. The Hall–Kier alpha value is -2.04. The molecule has 2 heterocycles. The maximum atomic E-state index is 12.6. The van der Waals surface area contributed by atoms with Gasteiger partial charge in [0.15, 0.2) is 0 Å². The SMILES string of the molecule is C[C@@H](O)[C@H]1C(=O)N2C(C(=O)O)=C(SCCC#N)[C@H](CCCCNC(=O)[C@H](CCl)NC(=O)[C@@H](N)CCl)C12. The van der Waals surface area contributed by atoms with Crippen LogP contribution in [0.5, 0.6) is 0 Å². The summed E-state index contributed by atoms with van der Waals surface area (Å²) in [5.74, 6) is -3.51. The molecular formula is C22H31Cl2N5O6S. The number of thioether (sulfide) groups is 1. The van der Waals surface area contributed by atoms with Gasteiger partial charge in [0.25, 0.3) is 0 Å². The van der Waals surface area contributed by atoms with E-state index >= 15 is 0 Å². The van der Waals surface area contributed by atoms with E-state index in [1.165, 1.54) is 23.6 Å². The van der Waals surface area contributed by atoms with Crippen LogP contribution in [0.4, 0.5) is 0 Å². The number of rotatable bonds is 15. The van der Waals surface area contributed by atoms with Crippen LogP contribution in [0.3, 0.4) is 0 Å². The molecule has 0 aliphatic carbocycles. The lowest BCUT2D eigenvalue weighted by atomic mass is 9.77. The van der Waals surface area contributed by atoms with Gasteiger partial charge in [0.1, 0.15) is 11.7 Å². The Morgan fingerprint density at radius 2 is 1.94 bits per heavy atom. The monoisotopic (exact) mass is 563 g/mol. The number of hydrogen-bond donors (Lipinski definition) is 5. The molecule has 14 heteroatoms. The summed E-state index contributed by atoms with van der Waals surface area (Å²) in [6.45, 7) is 1.80. The largest absolute Gasteiger partial charge is 0.477 e. The first-order valence-electron chi connectivity index (χ1n) is 11.5. The number of carbonyl (C=O) groups is 4. The van der Waals surface area contributed by atoms with E-state index in [-0.39, 0.29) is 36.3 Å². The zero-order chi connectivity index (χ0) is 27.0. The Morgan fingerprint density at radius 1 is 1.25 bits per heavy atom. The van der Waals surface area contributed by atoms with Crippen molar-refractivity contribution in [3.8, 4) is 6.07 Å². The number of amides is 3. The Bertz CT molecular complexity index is 927. The molecule has 0 aromatic heterocycles. The summed E-state index contributed by atoms with van der Waals surface area (Å²) in [6, 6.07) is -0.343. The molecule has 2 rings (SSSR count). The topological polar surface area (TPSA) is 186 Å². The number of aliphatic hydroxyl groups is 1. The number of aliphatic carboxylic acids is 1. The number of carbonyl (C=O) groups excluding carboxylic acids is 3. The van der Waals surface area contributed by atoms with Gasteiger partial charge in [0.2, 0.25) is 17.7 Å². The number of nitrogens with zero attached hydrogens (tertiary/aromatic N) is 2. The molecule has 6 N–H and O–H groups in total. The Labute approximate surface area is 223 Å². The fraction of sp³-hybridized carbons (Fsp3) is 0.682. The number of β-lactam (4-membered cyclic amide) rings is 1. The summed E-state index contributed by atoms with van der Waals surface area (Å²) in [4.78, 5) is 50.6. The molecule has 200 valence electrons. The van der Waals surface area contributed by atoms with Crippen LogP contribution in [0.25, 0.3) is 0 Å². The zero-order valence-electron chi connectivity index (χ0n) is 19.8. The van der Waals surface area contributed by atoms with E-state index in [0.29, 0.717) is 29.9 Å². The number of alkyl halides is 2. The lowest BCUT2D eigenvalue weighted by molar-refractivity contribution is -0.163. The van der Waals surface area contributed by atoms with Crippen LogP contribution in [0.2, 0.25) is 0 Å². The highest BCUT2D eigenvalue weighted by atomic mass is 35.5. The number of carboxylic acid groups (broad SMARTS) is 1. The van der Waals surface area contributed by atoms with E-state index in [0.717, 1.165) is 0 Å². The van der Waals surface area contributed by atoms with Crippen LogP contribution in [0.15, 0.2) is 10.6 Å². The fourth-order valence-corrected chi connectivity index (χ4v) is 5.97. The third-order valence-corrected chi connectivity index (χ3v) is 7.99. The summed E-state index contributed by atoms with van der Waals surface area (Å²) in [6.07, 6.45) is 0.977. The third-order valence-electron chi connectivity index (χ3n) is 6.14. The van der Waals surface area contributed by atoms with E-state index in [9.17, 15) is 29.4 Å². The standard InChI is InChI=1S/C22H31Cl2N5O6S/c1-11(30)15-16-12(18(36-8-4-6-25)17(22(34)35)29(16)21(15)33)5-2-3-7-27-20(32)14(10-24)28-19(31)13(26)9-23/h11-16,30H,2-5,7-10,26H2,1H3,(H,27,32)(H,28,31)(H,34,35)/t11-,12-,13+,14+,15-,16?/m1/s1. The molecule has 0 aromatic carbocycles. The molecule has 2 aliphatic rings. The van der Waals surface area contributed by atoms with Crippen LogP contribution in [0.1, 0.15) is 32.6 Å². The second-order valence-electron chi connectivity index (χ2n) is 8.61. The van der Waals surface area contributed by atoms with Crippen molar-refractivity contribution >= 4 is 58.7 Å². The highest BCUT2D eigenvalue weighted by Gasteiger charge is 2.60. The summed E-state index contributed by atoms with van der Waals surface area (Å²) in [5, 5.41) is 33.9. The van der Waals surface area contributed by atoms with Crippen molar-refractivity contribution in [2.75, 3.05) is 24.1 Å². The second-order valence-corrected chi connectivity index (χ2v) is 10.4. The van der Waals surface area contributed by atoms with Crippen molar-refractivity contribution in [1.29, 1.82) is 5.26 Å². The zero-order valence-corrected chi connectivity index (χ0v) is 22.1. The molecular weight excluding hydrogens is 533 g/mol. The van der Waals surface area contributed by atoms with Crippen molar-refractivity contribution in [3.05, 3.63) is 10.6 Å². The minimum absolute atomic E-state index is 0.0704. The van der Waals surface area contributed by atoms with E-state index < -0.39 is 53.8 Å². The van der Waals surface area contributed by atoms with Crippen molar-refractivity contribution in [2.45, 2.75) is 56.8 Å². The molecule has 6 atom stereocenters. The highest BCUT2D eigenvalue weighted by molar-refractivity contribution is 8.03. The Kier molecular flexibility index (Phi) is 11.8. The van der Waals surface area contributed by atoms with Crippen molar-refractivity contribution < 1.29 is 29.4 Å². The normalized spacial score (nSPS) is 23.3. The second kappa shape index (κ2) is 14.0. The van der Waals surface area contributed by atoms with Gasteiger partial charge in [-0.05, 0) is 19.8 Å². The highest BCUT2D eigenvalue weighted by Crippen LogP contribution is 2.52. The van der Waals surface area contributed by atoms with Gasteiger partial charge in [-0.2, -0.15) is 5.26 Å². The van der Waals surface area contributed by atoms with Gasteiger partial charge in [0, 0.05) is 35.4 Å². The number of carboxylic acids is 1. The van der Waals surface area contributed by atoms with Crippen LogP contribution in [0, 0.1) is 23.2 Å². The first kappa shape index (κ1) is 30.2. The van der Waals surface area contributed by atoms with Crippen molar-refractivity contribution in [2.24, 2.45) is 17.6 Å². The number of fused-ring (bicyclic) bond motifs is 1. The van der Waals surface area contributed by atoms with Crippen LogP contribution in [-0.2, 0) is 19.2 Å². The summed E-state index contributed by atoms with van der Waals surface area (Å²) < 4.78 is 0. The molecule has 1 fully saturated rings. The average Bonchev–Trinajstić information content (AvgIpc) is 3.10. The van der Waals surface area contributed by atoms with Crippen LogP contribution < -0.4 is 16.4 Å². The number of aliphatic hydroxyl groups excluding tert-OH is 1. The summed E-state index contributed by atoms with van der Waals surface area (Å²) in [7, 11) is 0. The van der Waals surface area contributed by atoms with Gasteiger partial charge in [-0.15, -0.1) is 35.0 Å². The Balaban J connectivity index is 1.99. The quantitative estimate of drug-likeness (QED) is 0.106. The van der Waals surface area contributed by atoms with E-state index in [2.05, 4.69) is 10.6 Å². The number of halogens is 2. The minimum Gasteiger partial charge on any atom is -0.477 e. The molecule has 0 bridgehead atoms. The van der Waals surface area contributed by atoms with Crippen LogP contribution in [-0.4, -0.2) is 87.1 Å². The molecule has 0 spiro atoms. The minimum atomic E-state index is -1.21. The molecule has 0 saturated carbocycles. The van der Waals surface area contributed by atoms with Gasteiger partial charge in [-0.25, -0.2) is 4.79 Å². The van der Waals surface area contributed by atoms with E-state index in [1.807, 2.05) is 6.07 Å². The third kappa shape index (κ3) is 6.83. The lowest BCUT2D eigenvalue weighted by Gasteiger charge is -2.47. The number of hydrogen-bond acceptors (Lipinski definition) is 8. The molecule has 0 aromatic rings. The first-order chi connectivity index (χ1) is 17.1. The smallest absolute Gasteiger partial charge is 0.353 e. The predicted molar refractivity (Wildman–Crippen MR) is 135 cm³/mol. The van der Waals surface area contributed by atoms with Gasteiger partial charge >= 0.3 is 5.97 Å². The average molecular weight is 564 g/mol. The molecule has 1 unspecified atom stereocenters. The van der Waals surface area contributed by atoms with Gasteiger partial charge in [0.05, 0.1) is 36.1 Å². The first-order valence-corrected chi connectivity index (χ1v) is 13.6. The summed E-state index contributed by atoms with van der Waals surface area (Å²) >= 11 is 12.6. The maximum absolute atomic E-state index is 12.6. The molecule has 1 saturated heterocycles. The van der Waals surface area contributed by atoms with Crippen molar-refractivity contribution in [3.63, 3.8) is 0 Å². The molecule has 36 heavy (non-hydrogen) atoms. The molecule has 11 nitrogen and oxygen atoms in total. The molecule has 3 amide bonds. The molecule has 0 radical (unpaired) electrons. The predicted octanol–water partition coefficient (Wildman–Crippen LogP) is 0.343. The van der Waals surface area contributed by atoms with Gasteiger partial charge < -0.3 is 31.5 Å². The fourth-order valence-electron chi connectivity index (χ4n) is 4.40. The van der Waals surface area contributed by atoms with Gasteiger partial charge in [-0.1, -0.05) is 6.42 Å². The van der Waals surface area contributed by atoms with Crippen LogP contribution >= 0.6 is 35.0 Å². The number of nitrogens with two attached hydrogens (primary N) is 1. The van der Waals surface area contributed by atoms with Crippen molar-refractivity contribution in [1.82, 2.24) is 15.5 Å². The number of nitrogens with one attached hydrogen (secondary N) is 2. The number of nitriles is 1. The Morgan fingerprint density at radius 3 is 2.50 bits per heavy atom. The van der Waals surface area contributed by atoms with E-state index in [1.54, 1.807) is 0 Å². The molecule has 2 aliphatic heterocycles. The van der Waals surface area contributed by atoms with E-state index in [4.69, 9.17) is 34.2 Å². The number of unbranched alkanes of at least 4 members (excludes halogenated alkanes) is 1. The summed E-state index contributed by atoms with van der Waals surface area (Å²) in [5.41, 5.74) is 5.47. The maximum Gasteiger partial charge on any atom is 0.353 e. The van der Waals surface area contributed by atoms with Gasteiger partial charge in [-0.3, -0.25) is 14.4 Å².